The third-order valence-electron chi connectivity index (χ3n) is 6.95. The van der Waals surface area contributed by atoms with Gasteiger partial charge < -0.3 is 10.2 Å². The van der Waals surface area contributed by atoms with Gasteiger partial charge in [-0.25, -0.2) is 8.42 Å². The zero-order valence-corrected chi connectivity index (χ0v) is 23.5. The Kier molecular flexibility index (Phi) is 10.4. The van der Waals surface area contributed by atoms with Crippen LogP contribution in [0.5, 0.6) is 0 Å². The molecule has 0 unspecified atom stereocenters. The van der Waals surface area contributed by atoms with Crippen LogP contribution in [-0.2, 0) is 26.2 Å². The monoisotopic (exact) mass is 547 g/mol. The molecule has 0 aliphatic heterocycles. The fourth-order valence-corrected chi connectivity index (χ4v) is 6.01. The Morgan fingerprint density at radius 1 is 1.05 bits per heavy atom. The lowest BCUT2D eigenvalue weighted by Crippen LogP contribution is -2.50. The lowest BCUT2D eigenvalue weighted by atomic mass is 9.95. The molecule has 9 heteroatoms. The third kappa shape index (κ3) is 8.20. The molecule has 1 fully saturated rings. The fourth-order valence-electron chi connectivity index (χ4n) is 4.79. The van der Waals surface area contributed by atoms with E-state index < -0.39 is 16.1 Å². The number of halogens is 1. The third-order valence-corrected chi connectivity index (χ3v) is 8.50. The van der Waals surface area contributed by atoms with E-state index in [0.29, 0.717) is 17.1 Å². The number of carbonyl (C=O) groups excluding carboxylic acids is 2. The van der Waals surface area contributed by atoms with Gasteiger partial charge in [0.1, 0.15) is 6.04 Å². The Morgan fingerprint density at radius 2 is 1.70 bits per heavy atom. The van der Waals surface area contributed by atoms with Crippen LogP contribution in [0.3, 0.4) is 0 Å². The molecule has 2 amide bonds. The SMILES string of the molecule is Cc1ccccc1N(CCCC(=O)N(Cc1ccccc1Cl)[C@@H](C)C(=O)NC1CCCCC1)S(C)(=O)=O. The van der Waals surface area contributed by atoms with E-state index in [2.05, 4.69) is 5.32 Å². The van der Waals surface area contributed by atoms with E-state index in [1.54, 1.807) is 30.0 Å². The summed E-state index contributed by atoms with van der Waals surface area (Å²) in [5, 5.41) is 3.65. The van der Waals surface area contributed by atoms with E-state index in [0.717, 1.165) is 36.8 Å². The highest BCUT2D eigenvalue weighted by Gasteiger charge is 2.29. The maximum atomic E-state index is 13.5. The van der Waals surface area contributed by atoms with Crippen molar-refractivity contribution in [2.45, 2.75) is 77.4 Å². The van der Waals surface area contributed by atoms with Crippen molar-refractivity contribution in [2.24, 2.45) is 0 Å². The summed E-state index contributed by atoms with van der Waals surface area (Å²) in [5.74, 6) is -0.394. The van der Waals surface area contributed by atoms with Gasteiger partial charge in [-0.2, -0.15) is 0 Å². The van der Waals surface area contributed by atoms with Crippen LogP contribution < -0.4 is 9.62 Å². The van der Waals surface area contributed by atoms with E-state index in [1.807, 2.05) is 37.3 Å². The zero-order chi connectivity index (χ0) is 27.0. The predicted octanol–water partition coefficient (Wildman–Crippen LogP) is 5.06. The number of hydrogen-bond acceptors (Lipinski definition) is 4. The lowest BCUT2D eigenvalue weighted by molar-refractivity contribution is -0.141. The van der Waals surface area contributed by atoms with Crippen molar-refractivity contribution in [2.75, 3.05) is 17.1 Å². The second-order valence-corrected chi connectivity index (χ2v) is 12.2. The van der Waals surface area contributed by atoms with E-state index >= 15 is 0 Å². The second kappa shape index (κ2) is 13.3. The molecule has 1 saturated carbocycles. The summed E-state index contributed by atoms with van der Waals surface area (Å²) in [5.41, 5.74) is 2.20. The van der Waals surface area contributed by atoms with E-state index in [9.17, 15) is 18.0 Å². The number of sulfonamides is 1. The molecule has 0 aromatic heterocycles. The smallest absolute Gasteiger partial charge is 0.242 e. The van der Waals surface area contributed by atoms with Crippen LogP contribution in [0.2, 0.25) is 5.02 Å². The minimum absolute atomic E-state index is 0.101. The Balaban J connectivity index is 1.73. The number of amides is 2. The Morgan fingerprint density at radius 3 is 2.35 bits per heavy atom. The average molecular weight is 548 g/mol. The maximum Gasteiger partial charge on any atom is 0.242 e. The first-order valence-corrected chi connectivity index (χ1v) is 15.2. The van der Waals surface area contributed by atoms with Crippen molar-refractivity contribution in [3.8, 4) is 0 Å². The van der Waals surface area contributed by atoms with Crippen molar-refractivity contribution in [1.29, 1.82) is 0 Å². The molecular formula is C28H38ClN3O4S. The lowest BCUT2D eigenvalue weighted by Gasteiger charge is -2.32. The van der Waals surface area contributed by atoms with Gasteiger partial charge in [-0.05, 0) is 56.4 Å². The molecule has 2 aromatic rings. The summed E-state index contributed by atoms with van der Waals surface area (Å²) in [4.78, 5) is 28.2. The molecule has 0 heterocycles. The topological polar surface area (TPSA) is 86.8 Å². The first-order chi connectivity index (χ1) is 17.6. The van der Waals surface area contributed by atoms with Crippen LogP contribution in [0.25, 0.3) is 0 Å². The number of rotatable bonds is 11. The molecule has 0 spiro atoms. The normalized spacial score (nSPS) is 15.1. The number of hydrogen-bond donors (Lipinski definition) is 1. The minimum Gasteiger partial charge on any atom is -0.352 e. The molecule has 0 bridgehead atoms. The van der Waals surface area contributed by atoms with Crippen molar-refractivity contribution >= 4 is 39.1 Å². The molecule has 202 valence electrons. The first kappa shape index (κ1) is 29.0. The van der Waals surface area contributed by atoms with Gasteiger partial charge >= 0.3 is 0 Å². The summed E-state index contributed by atoms with van der Waals surface area (Å²) in [6, 6.07) is 14.0. The van der Waals surface area contributed by atoms with Gasteiger partial charge in [-0.3, -0.25) is 13.9 Å². The highest BCUT2D eigenvalue weighted by molar-refractivity contribution is 7.92. The van der Waals surface area contributed by atoms with Gasteiger partial charge in [0, 0.05) is 30.6 Å². The number of para-hydroxylation sites is 1. The molecule has 1 aliphatic rings. The summed E-state index contributed by atoms with van der Waals surface area (Å²) in [7, 11) is -3.53. The summed E-state index contributed by atoms with van der Waals surface area (Å²) in [6.07, 6.45) is 6.88. The molecule has 0 saturated heterocycles. The molecule has 2 aromatic carbocycles. The first-order valence-electron chi connectivity index (χ1n) is 12.9. The Labute approximate surface area is 226 Å². The molecule has 7 nitrogen and oxygen atoms in total. The van der Waals surface area contributed by atoms with E-state index in [1.165, 1.54) is 17.0 Å². The van der Waals surface area contributed by atoms with Gasteiger partial charge in [0.25, 0.3) is 0 Å². The summed E-state index contributed by atoms with van der Waals surface area (Å²) >= 11 is 6.38. The molecule has 1 aliphatic carbocycles. The van der Waals surface area contributed by atoms with Crippen LogP contribution in [0.4, 0.5) is 5.69 Å². The molecular weight excluding hydrogens is 510 g/mol. The van der Waals surface area contributed by atoms with Gasteiger partial charge in [-0.1, -0.05) is 67.3 Å². The zero-order valence-electron chi connectivity index (χ0n) is 22.0. The Bertz CT molecular complexity index is 1180. The number of anilines is 1. The van der Waals surface area contributed by atoms with Crippen molar-refractivity contribution in [3.05, 3.63) is 64.7 Å². The number of aryl methyl sites for hydroxylation is 1. The molecule has 3 rings (SSSR count). The highest BCUT2D eigenvalue weighted by Crippen LogP contribution is 2.24. The van der Waals surface area contributed by atoms with Crippen molar-refractivity contribution < 1.29 is 18.0 Å². The van der Waals surface area contributed by atoms with Gasteiger partial charge in [0.05, 0.1) is 11.9 Å². The predicted molar refractivity (Wildman–Crippen MR) is 149 cm³/mol. The molecule has 0 radical (unpaired) electrons. The minimum atomic E-state index is -3.53. The number of nitrogens with one attached hydrogen (secondary N) is 1. The maximum absolute atomic E-state index is 13.5. The van der Waals surface area contributed by atoms with Crippen molar-refractivity contribution in [1.82, 2.24) is 10.2 Å². The number of benzene rings is 2. The Hall–Kier alpha value is -2.58. The summed E-state index contributed by atoms with van der Waals surface area (Å²) in [6.45, 7) is 3.96. The largest absolute Gasteiger partial charge is 0.352 e. The van der Waals surface area contributed by atoms with Gasteiger partial charge in [0.2, 0.25) is 21.8 Å². The highest BCUT2D eigenvalue weighted by atomic mass is 35.5. The van der Waals surface area contributed by atoms with E-state index in [-0.39, 0.29) is 37.4 Å². The quantitative estimate of drug-likeness (QED) is 0.426. The average Bonchev–Trinajstić information content (AvgIpc) is 2.86. The standard InChI is InChI=1S/C28H38ClN3O4S/c1-21-12-7-10-17-26(21)32(37(3,35)36)19-11-18-27(33)31(20-23-13-8-9-16-25(23)29)22(2)28(34)30-24-14-5-4-6-15-24/h7-10,12-13,16-17,22,24H,4-6,11,14-15,18-20H2,1-3H3,(H,30,34)/t22-/m0/s1. The molecule has 37 heavy (non-hydrogen) atoms. The van der Waals surface area contributed by atoms with Crippen LogP contribution in [0.1, 0.15) is 63.0 Å². The van der Waals surface area contributed by atoms with Gasteiger partial charge in [-0.15, -0.1) is 0 Å². The van der Waals surface area contributed by atoms with Crippen LogP contribution in [0, 0.1) is 6.92 Å². The van der Waals surface area contributed by atoms with Crippen molar-refractivity contribution in [3.63, 3.8) is 0 Å². The second-order valence-electron chi connectivity index (χ2n) is 9.86. The fraction of sp³-hybridized carbons (Fsp3) is 0.500. The number of nitrogens with zero attached hydrogens (tertiary/aromatic N) is 2. The van der Waals surface area contributed by atoms with Crippen LogP contribution in [0.15, 0.2) is 48.5 Å². The van der Waals surface area contributed by atoms with Gasteiger partial charge in [0.15, 0.2) is 0 Å². The molecule has 1 N–H and O–H groups in total. The summed E-state index contributed by atoms with van der Waals surface area (Å²) < 4.78 is 26.4. The van der Waals surface area contributed by atoms with Crippen LogP contribution in [-0.4, -0.2) is 50.0 Å². The molecule has 1 atom stereocenters. The van der Waals surface area contributed by atoms with Crippen LogP contribution >= 0.6 is 11.6 Å². The number of carbonyl (C=O) groups is 2. The van der Waals surface area contributed by atoms with E-state index in [4.69, 9.17) is 11.6 Å².